The van der Waals surface area contributed by atoms with Crippen molar-refractivity contribution in [2.45, 2.75) is 6.54 Å². The molecule has 0 atom stereocenters. The minimum absolute atomic E-state index is 0.0513. The molecule has 0 saturated carbocycles. The maximum absolute atomic E-state index is 13.0. The predicted octanol–water partition coefficient (Wildman–Crippen LogP) is 3.94. The molecule has 0 N–H and O–H groups in total. The van der Waals surface area contributed by atoms with Gasteiger partial charge in [-0.25, -0.2) is 0 Å². The van der Waals surface area contributed by atoms with Crippen LogP contribution in [0.3, 0.4) is 0 Å². The molecule has 0 unspecified atom stereocenters. The van der Waals surface area contributed by atoms with Gasteiger partial charge >= 0.3 is 0 Å². The maximum atomic E-state index is 13.0. The van der Waals surface area contributed by atoms with Crippen LogP contribution in [0, 0.1) is 0 Å². The molecule has 0 aliphatic carbocycles. The number of hydrogen-bond acceptors (Lipinski definition) is 3. The number of hydrogen-bond donors (Lipinski definition) is 0. The first kappa shape index (κ1) is 15.7. The number of benzene rings is 2. The lowest BCUT2D eigenvalue weighted by atomic mass is 10.1. The molecule has 2 aromatic carbocycles. The van der Waals surface area contributed by atoms with E-state index < -0.39 is 0 Å². The Morgan fingerprint density at radius 2 is 1.75 bits per heavy atom. The van der Waals surface area contributed by atoms with Crippen LogP contribution in [-0.4, -0.2) is 18.0 Å². The van der Waals surface area contributed by atoms with Gasteiger partial charge < -0.3 is 9.64 Å². The van der Waals surface area contributed by atoms with E-state index in [1.165, 1.54) is 0 Å². The molecule has 4 heteroatoms. The Bertz CT molecular complexity index is 787. The number of anilines is 1. The van der Waals surface area contributed by atoms with E-state index in [0.717, 1.165) is 17.0 Å². The first-order valence-corrected chi connectivity index (χ1v) is 7.68. The topological polar surface area (TPSA) is 42.4 Å². The van der Waals surface area contributed by atoms with Crippen LogP contribution in [0.5, 0.6) is 5.75 Å². The molecule has 0 spiro atoms. The van der Waals surface area contributed by atoms with Crippen LogP contribution in [0.15, 0.2) is 79.1 Å². The average molecular weight is 318 g/mol. The van der Waals surface area contributed by atoms with E-state index in [9.17, 15) is 4.79 Å². The summed E-state index contributed by atoms with van der Waals surface area (Å²) in [5, 5.41) is 0. The number of nitrogens with zero attached hydrogens (tertiary/aromatic N) is 2. The number of amides is 1. The molecular formula is C20H18N2O2. The van der Waals surface area contributed by atoms with Gasteiger partial charge in [0, 0.05) is 23.6 Å². The van der Waals surface area contributed by atoms with E-state index >= 15 is 0 Å². The molecule has 0 aliphatic heterocycles. The zero-order valence-electron chi connectivity index (χ0n) is 13.4. The Morgan fingerprint density at radius 1 is 1.00 bits per heavy atom. The van der Waals surface area contributed by atoms with E-state index in [2.05, 4.69) is 4.98 Å². The highest BCUT2D eigenvalue weighted by molar-refractivity contribution is 6.06. The number of rotatable bonds is 5. The minimum Gasteiger partial charge on any atom is -0.497 e. The number of carbonyl (C=O) groups excluding carboxylic acids is 1. The second kappa shape index (κ2) is 7.42. The SMILES string of the molecule is COc1ccc(N(Cc2cccnc2)C(=O)c2ccccc2)cc1. The fourth-order valence-corrected chi connectivity index (χ4v) is 2.45. The number of pyridine rings is 1. The fraction of sp³-hybridized carbons (Fsp3) is 0.100. The van der Waals surface area contributed by atoms with Crippen molar-refractivity contribution in [3.05, 3.63) is 90.3 Å². The highest BCUT2D eigenvalue weighted by Crippen LogP contribution is 2.23. The molecule has 1 amide bonds. The monoisotopic (exact) mass is 318 g/mol. The van der Waals surface area contributed by atoms with Gasteiger partial charge in [-0.05, 0) is 48.0 Å². The Kier molecular flexibility index (Phi) is 4.87. The zero-order chi connectivity index (χ0) is 16.8. The van der Waals surface area contributed by atoms with Crippen molar-refractivity contribution >= 4 is 11.6 Å². The van der Waals surface area contributed by atoms with Gasteiger partial charge in [0.25, 0.3) is 5.91 Å². The molecule has 0 bridgehead atoms. The third kappa shape index (κ3) is 3.60. The third-order valence-electron chi connectivity index (χ3n) is 3.71. The largest absolute Gasteiger partial charge is 0.497 e. The fourth-order valence-electron chi connectivity index (χ4n) is 2.45. The smallest absolute Gasteiger partial charge is 0.258 e. The quantitative estimate of drug-likeness (QED) is 0.715. The first-order valence-electron chi connectivity index (χ1n) is 7.68. The lowest BCUT2D eigenvalue weighted by Crippen LogP contribution is -2.30. The van der Waals surface area contributed by atoms with Gasteiger partial charge in [-0.3, -0.25) is 9.78 Å². The Morgan fingerprint density at radius 3 is 2.38 bits per heavy atom. The third-order valence-corrected chi connectivity index (χ3v) is 3.71. The Labute approximate surface area is 141 Å². The normalized spacial score (nSPS) is 10.2. The van der Waals surface area contributed by atoms with Gasteiger partial charge in [-0.15, -0.1) is 0 Å². The standard InChI is InChI=1S/C20H18N2O2/c1-24-19-11-9-18(10-12-19)22(15-16-6-5-13-21-14-16)20(23)17-7-3-2-4-8-17/h2-14H,15H2,1H3. The summed E-state index contributed by atoms with van der Waals surface area (Å²) in [5.41, 5.74) is 2.43. The average Bonchev–Trinajstić information content (AvgIpc) is 2.67. The van der Waals surface area contributed by atoms with Crippen molar-refractivity contribution in [2.75, 3.05) is 12.0 Å². The van der Waals surface area contributed by atoms with Crippen LogP contribution in [0.25, 0.3) is 0 Å². The maximum Gasteiger partial charge on any atom is 0.258 e. The van der Waals surface area contributed by atoms with E-state index in [1.807, 2.05) is 66.7 Å². The van der Waals surface area contributed by atoms with Gasteiger partial charge in [-0.2, -0.15) is 0 Å². The molecule has 0 fully saturated rings. The van der Waals surface area contributed by atoms with Crippen LogP contribution in [0.1, 0.15) is 15.9 Å². The van der Waals surface area contributed by atoms with E-state index in [1.54, 1.807) is 24.4 Å². The summed E-state index contributed by atoms with van der Waals surface area (Å²) in [7, 11) is 1.62. The summed E-state index contributed by atoms with van der Waals surface area (Å²) in [4.78, 5) is 18.9. The second-order valence-corrected chi connectivity index (χ2v) is 5.32. The lowest BCUT2D eigenvalue weighted by molar-refractivity contribution is 0.0985. The number of carbonyl (C=O) groups is 1. The molecule has 3 rings (SSSR count). The molecule has 1 heterocycles. The van der Waals surface area contributed by atoms with Gasteiger partial charge in [0.2, 0.25) is 0 Å². The summed E-state index contributed by atoms with van der Waals surface area (Å²) in [6.45, 7) is 0.452. The lowest BCUT2D eigenvalue weighted by Gasteiger charge is -2.23. The van der Waals surface area contributed by atoms with Crippen molar-refractivity contribution in [2.24, 2.45) is 0 Å². The van der Waals surface area contributed by atoms with E-state index in [-0.39, 0.29) is 5.91 Å². The molecule has 3 aromatic rings. The Balaban J connectivity index is 1.95. The van der Waals surface area contributed by atoms with Crippen molar-refractivity contribution in [1.82, 2.24) is 4.98 Å². The van der Waals surface area contributed by atoms with Gasteiger partial charge in [-0.1, -0.05) is 24.3 Å². The van der Waals surface area contributed by atoms with Crippen LogP contribution >= 0.6 is 0 Å². The summed E-state index contributed by atoms with van der Waals surface area (Å²) in [6.07, 6.45) is 3.50. The van der Waals surface area contributed by atoms with Crippen molar-refractivity contribution in [3.63, 3.8) is 0 Å². The molecule has 0 aliphatic rings. The number of methoxy groups -OCH3 is 1. The molecule has 4 nitrogen and oxygen atoms in total. The Hall–Kier alpha value is -3.14. The number of ether oxygens (including phenoxy) is 1. The first-order chi connectivity index (χ1) is 11.8. The molecule has 0 saturated heterocycles. The van der Waals surface area contributed by atoms with Crippen LogP contribution in [0.2, 0.25) is 0 Å². The van der Waals surface area contributed by atoms with Crippen LogP contribution < -0.4 is 9.64 Å². The van der Waals surface area contributed by atoms with Crippen LogP contribution in [-0.2, 0) is 6.54 Å². The van der Waals surface area contributed by atoms with Gasteiger partial charge in [0.05, 0.1) is 13.7 Å². The highest BCUT2D eigenvalue weighted by atomic mass is 16.5. The number of aromatic nitrogens is 1. The minimum atomic E-state index is -0.0513. The summed E-state index contributed by atoms with van der Waals surface area (Å²) in [6, 6.07) is 20.6. The van der Waals surface area contributed by atoms with E-state index in [4.69, 9.17) is 4.74 Å². The highest BCUT2D eigenvalue weighted by Gasteiger charge is 2.18. The summed E-state index contributed by atoms with van der Waals surface area (Å²) < 4.78 is 5.20. The second-order valence-electron chi connectivity index (χ2n) is 5.32. The molecule has 1 aromatic heterocycles. The van der Waals surface area contributed by atoms with Gasteiger partial charge in [0.15, 0.2) is 0 Å². The predicted molar refractivity (Wildman–Crippen MR) is 94.2 cm³/mol. The van der Waals surface area contributed by atoms with E-state index in [0.29, 0.717) is 12.1 Å². The molecule has 0 radical (unpaired) electrons. The molecule has 24 heavy (non-hydrogen) atoms. The van der Waals surface area contributed by atoms with Crippen molar-refractivity contribution in [3.8, 4) is 5.75 Å². The van der Waals surface area contributed by atoms with Crippen molar-refractivity contribution < 1.29 is 9.53 Å². The summed E-state index contributed by atoms with van der Waals surface area (Å²) in [5.74, 6) is 0.705. The molecule has 120 valence electrons. The van der Waals surface area contributed by atoms with Crippen LogP contribution in [0.4, 0.5) is 5.69 Å². The molecular weight excluding hydrogens is 300 g/mol. The van der Waals surface area contributed by atoms with Crippen molar-refractivity contribution in [1.29, 1.82) is 0 Å². The summed E-state index contributed by atoms with van der Waals surface area (Å²) >= 11 is 0. The zero-order valence-corrected chi connectivity index (χ0v) is 13.4. The van der Waals surface area contributed by atoms with Gasteiger partial charge in [0.1, 0.15) is 5.75 Å².